The lowest BCUT2D eigenvalue weighted by atomic mass is 9.89. The molecule has 1 aromatic carbocycles. The summed E-state index contributed by atoms with van der Waals surface area (Å²) in [7, 11) is 2.07. The molecule has 0 radical (unpaired) electrons. The molecule has 1 fully saturated rings. The highest BCUT2D eigenvalue weighted by Crippen LogP contribution is 2.29. The molecule has 0 amide bonds. The normalized spacial score (nSPS) is 24.3. The van der Waals surface area contributed by atoms with Crippen molar-refractivity contribution in [3.8, 4) is 0 Å². The molecule has 2 atom stereocenters. The number of hydrogen-bond donors (Lipinski definition) is 1. The zero-order chi connectivity index (χ0) is 11.5. The predicted molar refractivity (Wildman–Crippen MR) is 61.6 cm³/mol. The summed E-state index contributed by atoms with van der Waals surface area (Å²) in [6, 6.07) is 6.17. The molecule has 3 heteroatoms. The maximum Gasteiger partial charge on any atom is 0.123 e. The summed E-state index contributed by atoms with van der Waals surface area (Å²) in [5.41, 5.74) is 0.821. The molecule has 1 saturated heterocycles. The molecular formula is C13H18FNO. The van der Waals surface area contributed by atoms with E-state index in [0.717, 1.165) is 31.5 Å². The average molecular weight is 223 g/mol. The molecule has 2 nitrogen and oxygen atoms in total. The van der Waals surface area contributed by atoms with Crippen LogP contribution in [0.25, 0.3) is 0 Å². The lowest BCUT2D eigenvalue weighted by molar-refractivity contribution is 0.0591. The number of halogens is 1. The van der Waals surface area contributed by atoms with Crippen LogP contribution in [0.5, 0.6) is 0 Å². The highest BCUT2D eigenvalue weighted by Gasteiger charge is 2.25. The first-order valence-corrected chi connectivity index (χ1v) is 5.79. The number of rotatable bonds is 2. The molecular weight excluding hydrogens is 205 g/mol. The Hall–Kier alpha value is -0.930. The number of hydrogen-bond acceptors (Lipinski definition) is 2. The van der Waals surface area contributed by atoms with Crippen molar-refractivity contribution in [2.75, 3.05) is 20.1 Å². The van der Waals surface area contributed by atoms with E-state index < -0.39 is 6.10 Å². The molecule has 1 aliphatic rings. The van der Waals surface area contributed by atoms with Crippen molar-refractivity contribution >= 4 is 0 Å². The molecule has 2 unspecified atom stereocenters. The minimum Gasteiger partial charge on any atom is -0.388 e. The van der Waals surface area contributed by atoms with Crippen LogP contribution in [-0.2, 0) is 0 Å². The zero-order valence-electron chi connectivity index (χ0n) is 9.56. The highest BCUT2D eigenvalue weighted by atomic mass is 19.1. The summed E-state index contributed by atoms with van der Waals surface area (Å²) >= 11 is 0. The van der Waals surface area contributed by atoms with E-state index in [1.807, 2.05) is 0 Å². The van der Waals surface area contributed by atoms with Crippen molar-refractivity contribution in [2.45, 2.75) is 18.9 Å². The van der Waals surface area contributed by atoms with Gasteiger partial charge in [0.15, 0.2) is 0 Å². The Morgan fingerprint density at radius 3 is 2.69 bits per heavy atom. The molecule has 0 bridgehead atoms. The molecule has 0 aliphatic carbocycles. The van der Waals surface area contributed by atoms with Gasteiger partial charge in [0.25, 0.3) is 0 Å². The standard InChI is InChI=1S/C13H18FNO/c1-15-8-2-3-11(9-15)13(16)10-4-6-12(14)7-5-10/h4-7,11,13,16H,2-3,8-9H2,1H3. The summed E-state index contributed by atoms with van der Waals surface area (Å²) in [5, 5.41) is 10.2. The quantitative estimate of drug-likeness (QED) is 0.831. The van der Waals surface area contributed by atoms with Crippen LogP contribution in [0, 0.1) is 11.7 Å². The molecule has 1 N–H and O–H groups in total. The molecule has 0 spiro atoms. The van der Waals surface area contributed by atoms with Crippen LogP contribution in [0.1, 0.15) is 24.5 Å². The van der Waals surface area contributed by atoms with E-state index in [0.29, 0.717) is 0 Å². The number of aliphatic hydroxyl groups is 1. The van der Waals surface area contributed by atoms with E-state index in [1.54, 1.807) is 12.1 Å². The van der Waals surface area contributed by atoms with Crippen molar-refractivity contribution in [1.29, 1.82) is 0 Å². The monoisotopic (exact) mass is 223 g/mol. The first-order valence-electron chi connectivity index (χ1n) is 5.79. The first-order chi connectivity index (χ1) is 7.66. The molecule has 1 heterocycles. The summed E-state index contributed by atoms with van der Waals surface area (Å²) in [4.78, 5) is 2.24. The van der Waals surface area contributed by atoms with Crippen molar-refractivity contribution < 1.29 is 9.50 Å². The van der Waals surface area contributed by atoms with Crippen LogP contribution < -0.4 is 0 Å². The summed E-state index contributed by atoms with van der Waals surface area (Å²) in [6.45, 7) is 2.02. The topological polar surface area (TPSA) is 23.5 Å². The third-order valence-electron chi connectivity index (χ3n) is 3.32. The largest absolute Gasteiger partial charge is 0.388 e. The predicted octanol–water partition coefficient (Wildman–Crippen LogP) is 2.20. The molecule has 0 aromatic heterocycles. The van der Waals surface area contributed by atoms with Gasteiger partial charge in [-0.1, -0.05) is 12.1 Å². The third-order valence-corrected chi connectivity index (χ3v) is 3.32. The van der Waals surface area contributed by atoms with Gasteiger partial charge in [-0.25, -0.2) is 4.39 Å². The van der Waals surface area contributed by atoms with Crippen LogP contribution in [0.4, 0.5) is 4.39 Å². The van der Waals surface area contributed by atoms with Crippen molar-refractivity contribution in [3.63, 3.8) is 0 Å². The molecule has 1 aromatic rings. The lowest BCUT2D eigenvalue weighted by Crippen LogP contribution is -2.35. The number of piperidine rings is 1. The second kappa shape index (κ2) is 4.93. The van der Waals surface area contributed by atoms with Gasteiger partial charge < -0.3 is 10.0 Å². The molecule has 16 heavy (non-hydrogen) atoms. The van der Waals surface area contributed by atoms with Gasteiger partial charge in [0, 0.05) is 12.5 Å². The van der Waals surface area contributed by atoms with Gasteiger partial charge in [-0.3, -0.25) is 0 Å². The second-order valence-corrected chi connectivity index (χ2v) is 4.66. The maximum absolute atomic E-state index is 12.8. The van der Waals surface area contributed by atoms with E-state index in [1.165, 1.54) is 12.1 Å². The lowest BCUT2D eigenvalue weighted by Gasteiger charge is -2.32. The van der Waals surface area contributed by atoms with Gasteiger partial charge in [0.05, 0.1) is 6.10 Å². The molecule has 2 rings (SSSR count). The van der Waals surface area contributed by atoms with Crippen LogP contribution >= 0.6 is 0 Å². The SMILES string of the molecule is CN1CCCC(C(O)c2ccc(F)cc2)C1. The van der Waals surface area contributed by atoms with E-state index in [9.17, 15) is 9.50 Å². The van der Waals surface area contributed by atoms with E-state index >= 15 is 0 Å². The molecule has 0 saturated carbocycles. The van der Waals surface area contributed by atoms with Crippen molar-refractivity contribution in [2.24, 2.45) is 5.92 Å². The Bertz CT molecular complexity index is 338. The van der Waals surface area contributed by atoms with Crippen LogP contribution in [0.15, 0.2) is 24.3 Å². The Balaban J connectivity index is 2.06. The number of benzene rings is 1. The van der Waals surface area contributed by atoms with Gasteiger partial charge in [0.2, 0.25) is 0 Å². The van der Waals surface area contributed by atoms with Gasteiger partial charge in [-0.15, -0.1) is 0 Å². The van der Waals surface area contributed by atoms with Gasteiger partial charge in [0.1, 0.15) is 5.82 Å². The fourth-order valence-corrected chi connectivity index (χ4v) is 2.40. The molecule has 1 aliphatic heterocycles. The Morgan fingerprint density at radius 2 is 2.06 bits per heavy atom. The second-order valence-electron chi connectivity index (χ2n) is 4.66. The average Bonchev–Trinajstić information content (AvgIpc) is 2.29. The number of aliphatic hydroxyl groups excluding tert-OH is 1. The van der Waals surface area contributed by atoms with Gasteiger partial charge in [-0.05, 0) is 44.1 Å². The van der Waals surface area contributed by atoms with Crippen molar-refractivity contribution in [3.05, 3.63) is 35.6 Å². The number of likely N-dealkylation sites (tertiary alicyclic amines) is 1. The van der Waals surface area contributed by atoms with Crippen LogP contribution in [-0.4, -0.2) is 30.1 Å². The minimum atomic E-state index is -0.469. The summed E-state index contributed by atoms with van der Waals surface area (Å²) in [5.74, 6) is 0.0147. The maximum atomic E-state index is 12.8. The fourth-order valence-electron chi connectivity index (χ4n) is 2.40. The molecule has 88 valence electrons. The number of nitrogens with zero attached hydrogens (tertiary/aromatic N) is 1. The summed E-state index contributed by atoms with van der Waals surface area (Å²) < 4.78 is 12.8. The fraction of sp³-hybridized carbons (Fsp3) is 0.538. The Morgan fingerprint density at radius 1 is 1.38 bits per heavy atom. The van der Waals surface area contributed by atoms with Crippen molar-refractivity contribution in [1.82, 2.24) is 4.90 Å². The van der Waals surface area contributed by atoms with Gasteiger partial charge in [-0.2, -0.15) is 0 Å². The third kappa shape index (κ3) is 2.60. The van der Waals surface area contributed by atoms with E-state index in [2.05, 4.69) is 11.9 Å². The summed E-state index contributed by atoms with van der Waals surface area (Å²) in [6.07, 6.45) is 1.70. The van der Waals surface area contributed by atoms with E-state index in [-0.39, 0.29) is 11.7 Å². The van der Waals surface area contributed by atoms with Crippen LogP contribution in [0.2, 0.25) is 0 Å². The highest BCUT2D eigenvalue weighted by molar-refractivity contribution is 5.19. The minimum absolute atomic E-state index is 0.253. The van der Waals surface area contributed by atoms with Crippen LogP contribution in [0.3, 0.4) is 0 Å². The smallest absolute Gasteiger partial charge is 0.123 e. The Labute approximate surface area is 95.7 Å². The van der Waals surface area contributed by atoms with Gasteiger partial charge >= 0.3 is 0 Å². The zero-order valence-corrected chi connectivity index (χ0v) is 9.56. The Kier molecular flexibility index (Phi) is 3.56. The van der Waals surface area contributed by atoms with E-state index in [4.69, 9.17) is 0 Å². The first kappa shape index (κ1) is 11.6.